The minimum Gasteiger partial charge on any atom is -0.464 e. The molecular formula is C22H26N2O4. The van der Waals surface area contributed by atoms with Crippen LogP contribution in [0, 0.1) is 0 Å². The maximum Gasteiger partial charge on any atom is 0.354 e. The topological polar surface area (TPSA) is 64.7 Å². The number of hydrogen-bond donors (Lipinski definition) is 0. The summed E-state index contributed by atoms with van der Waals surface area (Å²) in [6, 6.07) is 12.8. The molecule has 6 nitrogen and oxygen atoms in total. The molecule has 0 aliphatic rings. The van der Waals surface area contributed by atoms with Gasteiger partial charge in [-0.05, 0) is 25.8 Å². The number of benzene rings is 1. The van der Waals surface area contributed by atoms with E-state index < -0.39 is 12.0 Å². The molecule has 0 radical (unpaired) electrons. The van der Waals surface area contributed by atoms with Crippen LogP contribution in [0.5, 0.6) is 0 Å². The lowest BCUT2D eigenvalue weighted by molar-refractivity contribution is -0.137. The van der Waals surface area contributed by atoms with Gasteiger partial charge >= 0.3 is 5.97 Å². The summed E-state index contributed by atoms with van der Waals surface area (Å²) in [5, 5.41) is 0. The Balaban J connectivity index is 2.02. The Morgan fingerprint density at radius 3 is 2.50 bits per heavy atom. The lowest BCUT2D eigenvalue weighted by Gasteiger charge is -2.31. The summed E-state index contributed by atoms with van der Waals surface area (Å²) in [4.78, 5) is 27.7. The van der Waals surface area contributed by atoms with Crippen molar-refractivity contribution in [3.63, 3.8) is 0 Å². The largest absolute Gasteiger partial charge is 0.464 e. The van der Waals surface area contributed by atoms with Crippen LogP contribution in [0.25, 0.3) is 11.1 Å². The van der Waals surface area contributed by atoms with Crippen LogP contribution in [0.15, 0.2) is 53.1 Å². The molecule has 2 aromatic heterocycles. The molecule has 148 valence electrons. The Hall–Kier alpha value is -3.02. The fraction of sp³-hybridized carbons (Fsp3) is 0.364. The number of fused-ring (bicyclic) bond motifs is 1. The first-order valence-electron chi connectivity index (χ1n) is 9.49. The summed E-state index contributed by atoms with van der Waals surface area (Å²) < 4.78 is 12.1. The lowest BCUT2D eigenvalue weighted by Crippen LogP contribution is -2.41. The van der Waals surface area contributed by atoms with E-state index in [0.29, 0.717) is 29.8 Å². The number of methoxy groups -OCH3 is 1. The minimum absolute atomic E-state index is 0.0127. The maximum absolute atomic E-state index is 13.6. The summed E-state index contributed by atoms with van der Waals surface area (Å²) in [6.45, 7) is 6.45. The van der Waals surface area contributed by atoms with Crippen molar-refractivity contribution in [1.29, 1.82) is 0 Å². The van der Waals surface area contributed by atoms with Gasteiger partial charge < -0.3 is 18.6 Å². The van der Waals surface area contributed by atoms with Gasteiger partial charge in [-0.25, -0.2) is 4.79 Å². The van der Waals surface area contributed by atoms with Crippen molar-refractivity contribution < 1.29 is 18.7 Å². The summed E-state index contributed by atoms with van der Waals surface area (Å²) in [5.74, 6) is -0.526. The molecule has 0 saturated carbocycles. The van der Waals surface area contributed by atoms with E-state index in [9.17, 15) is 9.59 Å². The number of carbonyl (C=O) groups is 2. The first kappa shape index (κ1) is 19.7. The lowest BCUT2D eigenvalue weighted by atomic mass is 10.1. The van der Waals surface area contributed by atoms with E-state index in [-0.39, 0.29) is 11.9 Å². The highest BCUT2D eigenvalue weighted by molar-refractivity contribution is 5.95. The highest BCUT2D eigenvalue weighted by Gasteiger charge is 2.31. The van der Waals surface area contributed by atoms with Crippen LogP contribution in [-0.4, -0.2) is 34.5 Å². The monoisotopic (exact) mass is 382 g/mol. The molecule has 3 rings (SSSR count). The summed E-state index contributed by atoms with van der Waals surface area (Å²) in [6.07, 6.45) is 2.10. The van der Waals surface area contributed by atoms with E-state index in [1.807, 2.05) is 56.0 Å². The Morgan fingerprint density at radius 2 is 1.89 bits per heavy atom. The van der Waals surface area contributed by atoms with E-state index in [4.69, 9.17) is 9.15 Å². The molecule has 28 heavy (non-hydrogen) atoms. The fourth-order valence-corrected chi connectivity index (χ4v) is 3.50. The van der Waals surface area contributed by atoms with Crippen LogP contribution in [0.1, 0.15) is 49.3 Å². The first-order valence-corrected chi connectivity index (χ1v) is 9.49. The number of nitrogens with zero attached hydrogens (tertiary/aromatic N) is 2. The normalized spacial score (nSPS) is 12.3. The number of amides is 1. The van der Waals surface area contributed by atoms with Gasteiger partial charge in [-0.15, -0.1) is 0 Å². The van der Waals surface area contributed by atoms with Gasteiger partial charge in [0.15, 0.2) is 5.58 Å². The highest BCUT2D eigenvalue weighted by Crippen LogP contribution is 2.29. The van der Waals surface area contributed by atoms with Gasteiger partial charge in [0.25, 0.3) is 0 Å². The van der Waals surface area contributed by atoms with Gasteiger partial charge in [0.2, 0.25) is 5.91 Å². The number of carbonyl (C=O) groups excluding carboxylic acids is 2. The molecule has 0 bridgehead atoms. The van der Waals surface area contributed by atoms with Crippen LogP contribution in [-0.2, 0) is 16.1 Å². The third kappa shape index (κ3) is 3.67. The zero-order valence-corrected chi connectivity index (χ0v) is 16.7. The van der Waals surface area contributed by atoms with Gasteiger partial charge in [-0.3, -0.25) is 4.79 Å². The van der Waals surface area contributed by atoms with Crippen molar-refractivity contribution in [3.8, 4) is 0 Å². The predicted molar refractivity (Wildman–Crippen MR) is 107 cm³/mol. The van der Waals surface area contributed by atoms with Crippen LogP contribution in [0.4, 0.5) is 0 Å². The second-order valence-electron chi connectivity index (χ2n) is 7.03. The van der Waals surface area contributed by atoms with Gasteiger partial charge in [0.1, 0.15) is 11.7 Å². The number of ether oxygens (including phenoxy) is 1. The Labute approximate surface area is 164 Å². The fourth-order valence-electron chi connectivity index (χ4n) is 3.50. The van der Waals surface area contributed by atoms with Crippen LogP contribution in [0.3, 0.4) is 0 Å². The van der Waals surface area contributed by atoms with Crippen molar-refractivity contribution in [2.24, 2.45) is 0 Å². The maximum atomic E-state index is 13.6. The van der Waals surface area contributed by atoms with Crippen molar-refractivity contribution >= 4 is 23.0 Å². The number of aromatic nitrogens is 1. The smallest absolute Gasteiger partial charge is 0.354 e. The van der Waals surface area contributed by atoms with Crippen LogP contribution < -0.4 is 0 Å². The number of hydrogen-bond acceptors (Lipinski definition) is 4. The van der Waals surface area contributed by atoms with E-state index in [0.717, 1.165) is 5.56 Å². The first-order chi connectivity index (χ1) is 13.5. The number of furan rings is 1. The van der Waals surface area contributed by atoms with E-state index >= 15 is 0 Å². The Kier molecular flexibility index (Phi) is 5.87. The molecule has 1 aromatic carbocycles. The molecule has 0 aliphatic heterocycles. The average Bonchev–Trinajstić information content (AvgIpc) is 3.29. The standard InChI is InChI=1S/C22H26N2O4/c1-5-17(21(25)23(15(2)3)14-16-9-7-6-8-10-16)24-18-11-12-28-20(18)13-19(24)22(26)27-4/h6-13,15,17H,5,14H2,1-4H3. The highest BCUT2D eigenvalue weighted by atomic mass is 16.5. The zero-order chi connectivity index (χ0) is 20.3. The third-order valence-corrected chi connectivity index (χ3v) is 4.94. The van der Waals surface area contributed by atoms with E-state index in [1.165, 1.54) is 7.11 Å². The van der Waals surface area contributed by atoms with Gasteiger partial charge in [-0.1, -0.05) is 37.3 Å². The molecule has 6 heteroatoms. The van der Waals surface area contributed by atoms with Gasteiger partial charge in [0.05, 0.1) is 18.9 Å². The zero-order valence-electron chi connectivity index (χ0n) is 16.7. The summed E-state index contributed by atoms with van der Waals surface area (Å²) >= 11 is 0. The minimum atomic E-state index is -0.532. The van der Waals surface area contributed by atoms with Crippen LogP contribution >= 0.6 is 0 Å². The molecule has 1 atom stereocenters. The average molecular weight is 382 g/mol. The molecule has 0 spiro atoms. The summed E-state index contributed by atoms with van der Waals surface area (Å²) in [5.41, 5.74) is 2.66. The quantitative estimate of drug-likeness (QED) is 0.568. The van der Waals surface area contributed by atoms with E-state index in [2.05, 4.69) is 0 Å². The second-order valence-corrected chi connectivity index (χ2v) is 7.03. The van der Waals surface area contributed by atoms with Crippen molar-refractivity contribution in [2.75, 3.05) is 7.11 Å². The molecule has 0 saturated heterocycles. The third-order valence-electron chi connectivity index (χ3n) is 4.94. The van der Waals surface area contributed by atoms with Gasteiger partial charge in [-0.2, -0.15) is 0 Å². The molecule has 1 amide bonds. The SMILES string of the molecule is CCC(C(=O)N(Cc1ccccc1)C(C)C)n1c(C(=O)OC)cc2occc21. The molecule has 0 N–H and O–H groups in total. The van der Waals surface area contributed by atoms with Crippen LogP contribution in [0.2, 0.25) is 0 Å². The number of rotatable bonds is 7. The summed E-state index contributed by atoms with van der Waals surface area (Å²) in [7, 11) is 1.33. The molecule has 3 aromatic rings. The van der Waals surface area contributed by atoms with Crippen molar-refractivity contribution in [2.45, 2.75) is 45.8 Å². The van der Waals surface area contributed by atoms with Crippen molar-refractivity contribution in [3.05, 3.63) is 60.0 Å². The number of esters is 1. The Bertz CT molecular complexity index is 955. The Morgan fingerprint density at radius 1 is 1.18 bits per heavy atom. The van der Waals surface area contributed by atoms with Gasteiger partial charge in [0, 0.05) is 24.7 Å². The second kappa shape index (κ2) is 8.33. The molecular weight excluding hydrogens is 356 g/mol. The van der Waals surface area contributed by atoms with Crippen molar-refractivity contribution in [1.82, 2.24) is 9.47 Å². The van der Waals surface area contributed by atoms with E-state index in [1.54, 1.807) is 23.0 Å². The molecule has 1 unspecified atom stereocenters. The predicted octanol–water partition coefficient (Wildman–Crippen LogP) is 4.41. The molecule has 0 aliphatic carbocycles. The molecule has 2 heterocycles. The molecule has 0 fully saturated rings.